The maximum atomic E-state index is 10.9. The number of hydrogen-bond acceptors (Lipinski definition) is 6. The lowest BCUT2D eigenvalue weighted by Gasteiger charge is -2.17. The molecule has 0 spiro atoms. The van der Waals surface area contributed by atoms with E-state index in [1.807, 2.05) is 25.3 Å². The van der Waals surface area contributed by atoms with Crippen LogP contribution in [0.4, 0.5) is 11.4 Å². The van der Waals surface area contributed by atoms with E-state index in [2.05, 4.69) is 35.9 Å². The summed E-state index contributed by atoms with van der Waals surface area (Å²) in [6.07, 6.45) is 1.67. The van der Waals surface area contributed by atoms with Gasteiger partial charge in [0.25, 0.3) is 6.47 Å². The van der Waals surface area contributed by atoms with E-state index >= 15 is 0 Å². The number of carbonyl (C=O) groups excluding carboxylic acids is 1. The zero-order valence-corrected chi connectivity index (χ0v) is 18.2. The molecule has 3 rings (SSSR count). The second-order valence-corrected chi connectivity index (χ2v) is 6.99. The molecule has 160 valence electrons. The van der Waals surface area contributed by atoms with Crippen molar-refractivity contribution in [3.05, 3.63) is 41.6 Å². The van der Waals surface area contributed by atoms with E-state index in [0.29, 0.717) is 23.7 Å². The van der Waals surface area contributed by atoms with Crippen molar-refractivity contribution < 1.29 is 23.7 Å². The molecule has 1 aromatic heterocycles. The summed E-state index contributed by atoms with van der Waals surface area (Å²) in [5, 5.41) is 4.50. The van der Waals surface area contributed by atoms with E-state index in [1.165, 1.54) is 0 Å². The Balaban J connectivity index is 2.19. The summed E-state index contributed by atoms with van der Waals surface area (Å²) in [5.41, 5.74) is 4.82. The summed E-state index contributed by atoms with van der Waals surface area (Å²) < 4.78 is 23.8. The van der Waals surface area contributed by atoms with Crippen molar-refractivity contribution >= 4 is 28.7 Å². The molecule has 0 bridgehead atoms. The van der Waals surface area contributed by atoms with Gasteiger partial charge in [0.05, 0.1) is 26.8 Å². The second-order valence-electron chi connectivity index (χ2n) is 6.99. The van der Waals surface area contributed by atoms with Crippen molar-refractivity contribution in [2.45, 2.75) is 33.4 Å². The largest absolute Gasteiger partial charge is 0.493 e. The molecule has 2 aromatic carbocycles. The van der Waals surface area contributed by atoms with Gasteiger partial charge in [0, 0.05) is 47.2 Å². The molecule has 1 heterocycles. The molecule has 0 saturated heterocycles. The van der Waals surface area contributed by atoms with Crippen molar-refractivity contribution in [3.63, 3.8) is 0 Å². The number of benzene rings is 2. The molecular formula is C23H28N2O5. The van der Waals surface area contributed by atoms with Gasteiger partial charge in [0.1, 0.15) is 6.10 Å². The Morgan fingerprint density at radius 2 is 1.73 bits per heavy atom. The Morgan fingerprint density at radius 3 is 2.27 bits per heavy atom. The predicted molar refractivity (Wildman–Crippen MR) is 117 cm³/mol. The van der Waals surface area contributed by atoms with Crippen LogP contribution >= 0.6 is 0 Å². The van der Waals surface area contributed by atoms with Gasteiger partial charge < -0.3 is 28.8 Å². The zero-order valence-electron chi connectivity index (χ0n) is 18.2. The third-order valence-electron chi connectivity index (χ3n) is 5.14. The standard InChI is InChI=1S/C23H28N2O5/c1-7-25-12-17(15(3)30-13-26)22-18(8-14(2)9-19(22)25)24-16-10-20(27-4)23(29-6)21(11-16)28-5/h8-13,15,24H,7H2,1-6H3. The quantitative estimate of drug-likeness (QED) is 0.500. The number of hydrogen-bond donors (Lipinski definition) is 1. The lowest BCUT2D eigenvalue weighted by Crippen LogP contribution is -2.00. The lowest BCUT2D eigenvalue weighted by molar-refractivity contribution is -0.133. The van der Waals surface area contributed by atoms with E-state index in [1.54, 1.807) is 21.3 Å². The predicted octanol–water partition coefficient (Wildman–Crippen LogP) is 4.97. The van der Waals surface area contributed by atoms with E-state index in [9.17, 15) is 4.79 Å². The Morgan fingerprint density at radius 1 is 1.07 bits per heavy atom. The molecule has 7 nitrogen and oxygen atoms in total. The molecule has 0 aliphatic heterocycles. The van der Waals surface area contributed by atoms with Crippen molar-refractivity contribution in [3.8, 4) is 17.2 Å². The highest BCUT2D eigenvalue weighted by atomic mass is 16.5. The van der Waals surface area contributed by atoms with Gasteiger partial charge in [-0.2, -0.15) is 0 Å². The molecule has 7 heteroatoms. The average Bonchev–Trinajstić information content (AvgIpc) is 3.11. The third-order valence-corrected chi connectivity index (χ3v) is 5.14. The minimum atomic E-state index is -0.374. The van der Waals surface area contributed by atoms with Crippen LogP contribution in [-0.2, 0) is 16.1 Å². The molecule has 3 aromatic rings. The Kier molecular flexibility index (Phi) is 6.40. The first-order valence-corrected chi connectivity index (χ1v) is 9.76. The van der Waals surface area contributed by atoms with Gasteiger partial charge in [-0.1, -0.05) is 0 Å². The van der Waals surface area contributed by atoms with Crippen molar-refractivity contribution in [2.75, 3.05) is 26.6 Å². The van der Waals surface area contributed by atoms with Crippen LogP contribution in [0.3, 0.4) is 0 Å². The first-order chi connectivity index (χ1) is 14.5. The van der Waals surface area contributed by atoms with Crippen LogP contribution in [0.5, 0.6) is 17.2 Å². The fourth-order valence-electron chi connectivity index (χ4n) is 3.73. The first kappa shape index (κ1) is 21.4. The van der Waals surface area contributed by atoms with Crippen LogP contribution < -0.4 is 19.5 Å². The highest BCUT2D eigenvalue weighted by Gasteiger charge is 2.20. The molecule has 1 N–H and O–H groups in total. The monoisotopic (exact) mass is 412 g/mol. The molecule has 30 heavy (non-hydrogen) atoms. The fourth-order valence-corrected chi connectivity index (χ4v) is 3.73. The smallest absolute Gasteiger partial charge is 0.293 e. The molecular weight excluding hydrogens is 384 g/mol. The van der Waals surface area contributed by atoms with Crippen LogP contribution in [0.2, 0.25) is 0 Å². The number of carbonyl (C=O) groups is 1. The summed E-state index contributed by atoms with van der Waals surface area (Å²) in [4.78, 5) is 10.9. The van der Waals surface area contributed by atoms with E-state index < -0.39 is 0 Å². The van der Waals surface area contributed by atoms with E-state index in [0.717, 1.165) is 39.9 Å². The third kappa shape index (κ3) is 3.87. The summed E-state index contributed by atoms with van der Waals surface area (Å²) in [6.45, 7) is 7.30. The van der Waals surface area contributed by atoms with Crippen LogP contribution in [0.25, 0.3) is 10.9 Å². The zero-order chi connectivity index (χ0) is 21.8. The summed E-state index contributed by atoms with van der Waals surface area (Å²) in [7, 11) is 4.75. The van der Waals surface area contributed by atoms with Crippen LogP contribution in [0.15, 0.2) is 30.5 Å². The molecule has 0 radical (unpaired) electrons. The number of nitrogens with one attached hydrogen (secondary N) is 1. The molecule has 0 fully saturated rings. The summed E-state index contributed by atoms with van der Waals surface area (Å²) in [6, 6.07) is 7.92. The van der Waals surface area contributed by atoms with Crippen LogP contribution in [0.1, 0.15) is 31.1 Å². The molecule has 0 amide bonds. The normalized spacial score (nSPS) is 11.8. The first-order valence-electron chi connectivity index (χ1n) is 9.76. The van der Waals surface area contributed by atoms with Gasteiger partial charge in [-0.25, -0.2) is 0 Å². The van der Waals surface area contributed by atoms with Crippen molar-refractivity contribution in [2.24, 2.45) is 0 Å². The summed E-state index contributed by atoms with van der Waals surface area (Å²) >= 11 is 0. The number of aryl methyl sites for hydroxylation is 2. The van der Waals surface area contributed by atoms with Crippen LogP contribution in [0, 0.1) is 6.92 Å². The van der Waals surface area contributed by atoms with Crippen molar-refractivity contribution in [1.82, 2.24) is 4.57 Å². The maximum Gasteiger partial charge on any atom is 0.293 e. The van der Waals surface area contributed by atoms with Gasteiger partial charge in [-0.15, -0.1) is 0 Å². The van der Waals surface area contributed by atoms with Gasteiger partial charge in [-0.05, 0) is 38.5 Å². The summed E-state index contributed by atoms with van der Waals surface area (Å²) in [5.74, 6) is 1.66. The van der Waals surface area contributed by atoms with E-state index in [-0.39, 0.29) is 6.10 Å². The maximum absolute atomic E-state index is 10.9. The molecule has 1 atom stereocenters. The Labute approximate surface area is 176 Å². The molecule has 1 unspecified atom stereocenters. The minimum Gasteiger partial charge on any atom is -0.493 e. The van der Waals surface area contributed by atoms with E-state index in [4.69, 9.17) is 18.9 Å². The number of nitrogens with zero attached hydrogens (tertiary/aromatic N) is 1. The minimum absolute atomic E-state index is 0.374. The fraction of sp³-hybridized carbons (Fsp3) is 0.348. The average molecular weight is 412 g/mol. The SMILES string of the molecule is CCn1cc(C(C)OC=O)c2c(Nc3cc(OC)c(OC)c(OC)c3)cc(C)cc21. The molecule has 0 aliphatic carbocycles. The number of ether oxygens (including phenoxy) is 4. The topological polar surface area (TPSA) is 71.0 Å². The Bertz CT molecular complexity index is 1030. The number of methoxy groups -OCH3 is 3. The lowest BCUT2D eigenvalue weighted by atomic mass is 10.0. The number of anilines is 2. The van der Waals surface area contributed by atoms with Gasteiger partial charge >= 0.3 is 0 Å². The molecule has 0 aliphatic rings. The number of fused-ring (bicyclic) bond motifs is 1. The number of rotatable bonds is 9. The van der Waals surface area contributed by atoms with Crippen LogP contribution in [-0.4, -0.2) is 32.4 Å². The Hall–Kier alpha value is -3.35. The van der Waals surface area contributed by atoms with Gasteiger partial charge in [-0.3, -0.25) is 4.79 Å². The second kappa shape index (κ2) is 8.98. The van der Waals surface area contributed by atoms with Gasteiger partial charge in [0.2, 0.25) is 5.75 Å². The molecule has 0 saturated carbocycles. The number of aromatic nitrogens is 1. The highest BCUT2D eigenvalue weighted by Crippen LogP contribution is 2.42. The van der Waals surface area contributed by atoms with Gasteiger partial charge in [0.15, 0.2) is 11.5 Å². The highest BCUT2D eigenvalue weighted by molar-refractivity contribution is 5.98. The van der Waals surface area contributed by atoms with Crippen molar-refractivity contribution in [1.29, 1.82) is 0 Å².